The number of ether oxygens (including phenoxy) is 1. The molecule has 0 rings (SSSR count). The molecule has 0 amide bonds. The number of nitrogens with zero attached hydrogens (tertiary/aromatic N) is 1. The Morgan fingerprint density at radius 2 is 1.46 bits per heavy atom. The maximum absolute atomic E-state index is 11.8. The van der Waals surface area contributed by atoms with Crippen LogP contribution in [-0.2, 0) is 9.53 Å². The first-order valence-electron chi connectivity index (χ1n) is 11.5. The second-order valence-electron chi connectivity index (χ2n) is 7.54. The summed E-state index contributed by atoms with van der Waals surface area (Å²) in [6, 6.07) is 0. The lowest BCUT2D eigenvalue weighted by molar-refractivity contribution is -0.143. The van der Waals surface area contributed by atoms with Crippen LogP contribution in [0, 0.1) is 0 Å². The van der Waals surface area contributed by atoms with E-state index in [4.69, 9.17) is 9.84 Å². The summed E-state index contributed by atoms with van der Waals surface area (Å²) in [5, 5.41) is 21.1. The van der Waals surface area contributed by atoms with Crippen molar-refractivity contribution in [3.05, 3.63) is 0 Å². The third-order valence-corrected chi connectivity index (χ3v) is 4.90. The van der Waals surface area contributed by atoms with Crippen LogP contribution in [0.5, 0.6) is 0 Å². The fourth-order valence-corrected chi connectivity index (χ4v) is 3.21. The molecule has 0 fully saturated rings. The Morgan fingerprint density at radius 3 is 2.14 bits per heavy atom. The van der Waals surface area contributed by atoms with Crippen molar-refractivity contribution in [1.29, 1.82) is 0 Å². The highest BCUT2D eigenvalue weighted by atomic mass is 16.5. The predicted octanol–water partition coefficient (Wildman–Crippen LogP) is 3.11. The normalized spacial score (nSPS) is 11.3. The van der Waals surface area contributed by atoms with Crippen molar-refractivity contribution in [3.63, 3.8) is 0 Å². The largest absolute Gasteiger partial charge is 0.466 e. The van der Waals surface area contributed by atoms with Crippen molar-refractivity contribution in [3.8, 4) is 0 Å². The van der Waals surface area contributed by atoms with Gasteiger partial charge in [-0.05, 0) is 45.3 Å². The lowest BCUT2D eigenvalue weighted by atomic mass is 10.1. The fraction of sp³-hybridized carbons (Fsp3) is 0.955. The number of hydrogen-bond donors (Lipinski definition) is 3. The number of nitrogens with one attached hydrogen (secondary N) is 1. The molecule has 0 heterocycles. The topological polar surface area (TPSA) is 82.0 Å². The van der Waals surface area contributed by atoms with E-state index in [1.54, 1.807) is 0 Å². The zero-order chi connectivity index (χ0) is 20.7. The number of aliphatic hydroxyl groups is 2. The zero-order valence-corrected chi connectivity index (χ0v) is 18.3. The maximum atomic E-state index is 11.8. The first-order valence-corrected chi connectivity index (χ1v) is 11.5. The van der Waals surface area contributed by atoms with Crippen LogP contribution in [0.3, 0.4) is 0 Å². The minimum Gasteiger partial charge on any atom is -0.466 e. The van der Waals surface area contributed by atoms with Crippen LogP contribution in [-0.4, -0.2) is 73.6 Å². The summed E-state index contributed by atoms with van der Waals surface area (Å²) in [7, 11) is 0. The van der Waals surface area contributed by atoms with Crippen LogP contribution < -0.4 is 5.32 Å². The molecule has 0 aromatic heterocycles. The van der Waals surface area contributed by atoms with Crippen LogP contribution in [0.4, 0.5) is 0 Å². The molecule has 0 aromatic rings. The lowest BCUT2D eigenvalue weighted by Crippen LogP contribution is -2.30. The van der Waals surface area contributed by atoms with E-state index >= 15 is 0 Å². The lowest BCUT2D eigenvalue weighted by Gasteiger charge is -2.21. The first-order chi connectivity index (χ1) is 13.7. The molecule has 0 radical (unpaired) electrons. The summed E-state index contributed by atoms with van der Waals surface area (Å²) in [4.78, 5) is 14.0. The van der Waals surface area contributed by atoms with Crippen molar-refractivity contribution in [2.24, 2.45) is 0 Å². The Kier molecular flexibility index (Phi) is 22.0. The third-order valence-electron chi connectivity index (χ3n) is 4.90. The van der Waals surface area contributed by atoms with Gasteiger partial charge in [-0.15, -0.1) is 0 Å². The average Bonchev–Trinajstić information content (AvgIpc) is 2.69. The summed E-state index contributed by atoms with van der Waals surface area (Å²) < 4.78 is 5.33. The highest BCUT2D eigenvalue weighted by Crippen LogP contribution is 2.08. The Balaban J connectivity index is 3.55. The standard InChI is InChI=1S/C22H46N2O4/c1-2-3-4-5-6-7-8-11-21-28-22(27)13-12-17-24(18-20-26)16-10-9-14-23-15-19-25/h23,25-26H,2-21H2,1H3. The number of carbonyl (C=O) groups is 1. The molecular weight excluding hydrogens is 356 g/mol. The summed E-state index contributed by atoms with van der Waals surface area (Å²) in [6.07, 6.45) is 13.3. The van der Waals surface area contributed by atoms with Crippen LogP contribution in [0.25, 0.3) is 0 Å². The van der Waals surface area contributed by atoms with E-state index in [9.17, 15) is 9.90 Å². The van der Waals surface area contributed by atoms with E-state index < -0.39 is 0 Å². The van der Waals surface area contributed by atoms with Crippen LogP contribution in [0.1, 0.15) is 84.0 Å². The van der Waals surface area contributed by atoms with Gasteiger partial charge in [0.25, 0.3) is 0 Å². The Hall–Kier alpha value is -0.690. The SMILES string of the molecule is CCCCCCCCCCOC(=O)CCCN(CCO)CCCCNCCO. The van der Waals surface area contributed by atoms with E-state index in [-0.39, 0.29) is 19.2 Å². The number of unbranched alkanes of at least 4 members (excludes halogenated alkanes) is 8. The summed E-state index contributed by atoms with van der Waals surface area (Å²) in [5.41, 5.74) is 0. The van der Waals surface area contributed by atoms with Gasteiger partial charge >= 0.3 is 5.97 Å². The molecule has 0 saturated carbocycles. The van der Waals surface area contributed by atoms with Crippen molar-refractivity contribution in [2.75, 3.05) is 52.5 Å². The third kappa shape index (κ3) is 20.1. The smallest absolute Gasteiger partial charge is 0.305 e. The van der Waals surface area contributed by atoms with Gasteiger partial charge in [0, 0.05) is 19.5 Å². The molecule has 0 bridgehead atoms. The Labute approximate surface area is 173 Å². The van der Waals surface area contributed by atoms with E-state index in [1.165, 1.54) is 38.5 Å². The summed E-state index contributed by atoms with van der Waals surface area (Å²) in [6.45, 7) is 7.04. The van der Waals surface area contributed by atoms with E-state index in [1.807, 2.05) is 0 Å². The van der Waals surface area contributed by atoms with Crippen LogP contribution in [0.2, 0.25) is 0 Å². The second-order valence-corrected chi connectivity index (χ2v) is 7.54. The molecular formula is C22H46N2O4. The van der Waals surface area contributed by atoms with E-state index in [2.05, 4.69) is 17.1 Å². The first kappa shape index (κ1) is 27.3. The number of hydrogen-bond acceptors (Lipinski definition) is 6. The Bertz CT molecular complexity index is 330. The quantitative estimate of drug-likeness (QED) is 0.191. The van der Waals surface area contributed by atoms with Gasteiger partial charge in [-0.3, -0.25) is 4.79 Å². The van der Waals surface area contributed by atoms with Crippen molar-refractivity contribution >= 4 is 5.97 Å². The number of esters is 1. The molecule has 3 N–H and O–H groups in total. The molecule has 0 aliphatic heterocycles. The minimum atomic E-state index is -0.0971. The number of carbonyl (C=O) groups excluding carboxylic acids is 1. The Morgan fingerprint density at radius 1 is 0.786 bits per heavy atom. The fourth-order valence-electron chi connectivity index (χ4n) is 3.21. The molecule has 0 aliphatic carbocycles. The molecule has 0 aliphatic rings. The highest BCUT2D eigenvalue weighted by molar-refractivity contribution is 5.69. The average molecular weight is 403 g/mol. The number of aliphatic hydroxyl groups excluding tert-OH is 2. The molecule has 0 saturated heterocycles. The van der Waals surface area contributed by atoms with Crippen molar-refractivity contribution in [2.45, 2.75) is 84.0 Å². The maximum Gasteiger partial charge on any atom is 0.305 e. The molecule has 0 unspecified atom stereocenters. The van der Waals surface area contributed by atoms with Gasteiger partial charge in [0.1, 0.15) is 0 Å². The van der Waals surface area contributed by atoms with E-state index in [0.717, 1.165) is 51.7 Å². The number of rotatable bonds is 22. The molecule has 168 valence electrons. The molecule has 0 atom stereocenters. The molecule has 6 nitrogen and oxygen atoms in total. The van der Waals surface area contributed by atoms with Gasteiger partial charge in [-0.2, -0.15) is 0 Å². The van der Waals surface area contributed by atoms with Crippen LogP contribution in [0.15, 0.2) is 0 Å². The van der Waals surface area contributed by atoms with Crippen molar-refractivity contribution in [1.82, 2.24) is 10.2 Å². The van der Waals surface area contributed by atoms with E-state index in [0.29, 0.717) is 26.1 Å². The van der Waals surface area contributed by atoms with Crippen LogP contribution >= 0.6 is 0 Å². The van der Waals surface area contributed by atoms with Gasteiger partial charge in [-0.25, -0.2) is 0 Å². The highest BCUT2D eigenvalue weighted by Gasteiger charge is 2.07. The zero-order valence-electron chi connectivity index (χ0n) is 18.3. The van der Waals surface area contributed by atoms with Gasteiger partial charge < -0.3 is 25.2 Å². The molecule has 6 heteroatoms. The predicted molar refractivity (Wildman–Crippen MR) is 116 cm³/mol. The van der Waals surface area contributed by atoms with Gasteiger partial charge in [0.2, 0.25) is 0 Å². The van der Waals surface area contributed by atoms with Gasteiger partial charge in [0.05, 0.1) is 19.8 Å². The van der Waals surface area contributed by atoms with Gasteiger partial charge in [0.15, 0.2) is 0 Å². The summed E-state index contributed by atoms with van der Waals surface area (Å²) >= 11 is 0. The molecule has 0 spiro atoms. The monoisotopic (exact) mass is 402 g/mol. The summed E-state index contributed by atoms with van der Waals surface area (Å²) in [5.74, 6) is -0.0971. The van der Waals surface area contributed by atoms with Gasteiger partial charge in [-0.1, -0.05) is 51.9 Å². The minimum absolute atomic E-state index is 0.0971. The molecule has 0 aromatic carbocycles. The van der Waals surface area contributed by atoms with Crippen molar-refractivity contribution < 1.29 is 19.7 Å². The molecule has 28 heavy (non-hydrogen) atoms. The second kappa shape index (κ2) is 22.6.